The molecule has 0 amide bonds. The minimum Gasteiger partial charge on any atom is -0.490 e. The van der Waals surface area contributed by atoms with Gasteiger partial charge in [0.1, 0.15) is 17.5 Å². The standard InChI is InChI=1S/C10H12Cl2N2O.2ClH/c11-9-4-8(5-14-10(9)12)15-6-7-2-1-3-13-7;;/h4-5,7,13H,1-3,6H2;2*1H/t7-;;/m0../s1. The van der Waals surface area contributed by atoms with Crippen molar-refractivity contribution in [1.82, 2.24) is 10.3 Å². The molecule has 1 N–H and O–H groups in total. The first kappa shape index (κ1) is 17.1. The van der Waals surface area contributed by atoms with Gasteiger partial charge in [-0.1, -0.05) is 23.2 Å². The molecule has 1 aromatic rings. The maximum absolute atomic E-state index is 5.82. The highest BCUT2D eigenvalue weighted by atomic mass is 35.5. The van der Waals surface area contributed by atoms with Gasteiger partial charge in [0, 0.05) is 12.1 Å². The van der Waals surface area contributed by atoms with E-state index >= 15 is 0 Å². The number of halogens is 4. The summed E-state index contributed by atoms with van der Waals surface area (Å²) in [6, 6.07) is 2.13. The normalized spacial score (nSPS) is 18.1. The third-order valence-electron chi connectivity index (χ3n) is 2.38. The molecule has 1 atom stereocenters. The molecule has 0 saturated carbocycles. The topological polar surface area (TPSA) is 34.1 Å². The zero-order valence-corrected chi connectivity index (χ0v) is 12.1. The fraction of sp³-hybridized carbons (Fsp3) is 0.500. The maximum atomic E-state index is 5.82. The van der Waals surface area contributed by atoms with Crippen LogP contribution in [0.3, 0.4) is 0 Å². The van der Waals surface area contributed by atoms with Crippen molar-refractivity contribution < 1.29 is 4.74 Å². The van der Waals surface area contributed by atoms with E-state index in [4.69, 9.17) is 27.9 Å². The molecule has 3 nitrogen and oxygen atoms in total. The lowest BCUT2D eigenvalue weighted by molar-refractivity contribution is 0.276. The summed E-state index contributed by atoms with van der Waals surface area (Å²) in [5.41, 5.74) is 0. The second-order valence-corrected chi connectivity index (χ2v) is 4.31. The Hall–Kier alpha value is 0.0700. The molecule has 0 aromatic carbocycles. The number of aromatic nitrogens is 1. The van der Waals surface area contributed by atoms with E-state index in [1.165, 1.54) is 6.42 Å². The van der Waals surface area contributed by atoms with Gasteiger partial charge in [0.15, 0.2) is 0 Å². The van der Waals surface area contributed by atoms with Crippen LogP contribution in [0.15, 0.2) is 12.3 Å². The summed E-state index contributed by atoms with van der Waals surface area (Å²) < 4.78 is 5.56. The largest absolute Gasteiger partial charge is 0.490 e. The Bertz CT molecular complexity index is 345. The van der Waals surface area contributed by atoms with E-state index in [-0.39, 0.29) is 24.8 Å². The lowest BCUT2D eigenvalue weighted by Crippen LogP contribution is -2.28. The van der Waals surface area contributed by atoms with Gasteiger partial charge in [-0.2, -0.15) is 0 Å². The highest BCUT2D eigenvalue weighted by Crippen LogP contribution is 2.23. The van der Waals surface area contributed by atoms with Crippen LogP contribution in [0.5, 0.6) is 5.75 Å². The van der Waals surface area contributed by atoms with Crippen molar-refractivity contribution in [3.63, 3.8) is 0 Å². The molecule has 7 heteroatoms. The first-order chi connectivity index (χ1) is 7.25. The average Bonchev–Trinajstić information content (AvgIpc) is 2.73. The van der Waals surface area contributed by atoms with Crippen LogP contribution in [0.2, 0.25) is 10.2 Å². The summed E-state index contributed by atoms with van der Waals surface area (Å²) in [7, 11) is 0. The summed E-state index contributed by atoms with van der Waals surface area (Å²) in [5, 5.41) is 4.08. The molecule has 0 unspecified atom stereocenters. The zero-order valence-electron chi connectivity index (χ0n) is 8.99. The molecule has 1 aliphatic heterocycles. The molecule has 2 heterocycles. The summed E-state index contributed by atoms with van der Waals surface area (Å²) >= 11 is 11.5. The molecule has 0 bridgehead atoms. The van der Waals surface area contributed by atoms with E-state index in [0.29, 0.717) is 28.6 Å². The fourth-order valence-electron chi connectivity index (χ4n) is 1.58. The number of pyridine rings is 1. The van der Waals surface area contributed by atoms with E-state index < -0.39 is 0 Å². The van der Waals surface area contributed by atoms with Crippen molar-refractivity contribution in [2.75, 3.05) is 13.2 Å². The summed E-state index contributed by atoms with van der Waals surface area (Å²) in [6.07, 6.45) is 3.96. The van der Waals surface area contributed by atoms with Crippen molar-refractivity contribution in [2.45, 2.75) is 18.9 Å². The Morgan fingerprint density at radius 1 is 1.41 bits per heavy atom. The SMILES string of the molecule is Cl.Cl.Clc1cc(OC[C@@H]2CCCN2)cnc1Cl. The van der Waals surface area contributed by atoms with Gasteiger partial charge >= 0.3 is 0 Å². The van der Waals surface area contributed by atoms with Crippen molar-refractivity contribution in [2.24, 2.45) is 0 Å². The monoisotopic (exact) mass is 318 g/mol. The molecule has 0 spiro atoms. The number of rotatable bonds is 3. The molecule has 1 aromatic heterocycles. The van der Waals surface area contributed by atoms with E-state index in [9.17, 15) is 0 Å². The van der Waals surface area contributed by atoms with Gasteiger partial charge in [-0.05, 0) is 19.4 Å². The number of ether oxygens (including phenoxy) is 1. The number of nitrogens with one attached hydrogen (secondary N) is 1. The van der Waals surface area contributed by atoms with Crippen LogP contribution in [0.4, 0.5) is 0 Å². The minimum atomic E-state index is 0. The smallest absolute Gasteiger partial charge is 0.147 e. The maximum Gasteiger partial charge on any atom is 0.147 e. The van der Waals surface area contributed by atoms with Crippen LogP contribution in [0, 0.1) is 0 Å². The van der Waals surface area contributed by atoms with Crippen molar-refractivity contribution in [3.8, 4) is 5.75 Å². The van der Waals surface area contributed by atoms with Crippen molar-refractivity contribution in [3.05, 3.63) is 22.4 Å². The quantitative estimate of drug-likeness (QED) is 0.867. The highest BCUT2D eigenvalue weighted by Gasteiger charge is 2.14. The van der Waals surface area contributed by atoms with Crippen LogP contribution >= 0.6 is 48.0 Å². The fourth-order valence-corrected chi connectivity index (χ4v) is 1.84. The van der Waals surface area contributed by atoms with Crippen LogP contribution in [-0.2, 0) is 0 Å². The van der Waals surface area contributed by atoms with Crippen molar-refractivity contribution >= 4 is 48.0 Å². The summed E-state index contributed by atoms with van der Waals surface area (Å²) in [4.78, 5) is 3.91. The minimum absolute atomic E-state index is 0. The lowest BCUT2D eigenvalue weighted by atomic mass is 10.2. The Balaban J connectivity index is 0.00000128. The third-order valence-corrected chi connectivity index (χ3v) is 3.07. The predicted molar refractivity (Wildman–Crippen MR) is 75.3 cm³/mol. The lowest BCUT2D eigenvalue weighted by Gasteiger charge is -2.11. The van der Waals surface area contributed by atoms with Gasteiger partial charge in [0.25, 0.3) is 0 Å². The second kappa shape index (κ2) is 8.22. The number of nitrogens with zero attached hydrogens (tertiary/aromatic N) is 1. The third kappa shape index (κ3) is 5.06. The number of hydrogen-bond acceptors (Lipinski definition) is 3. The molecular formula is C10H14Cl4N2O. The Morgan fingerprint density at radius 3 is 2.76 bits per heavy atom. The van der Waals surface area contributed by atoms with Gasteiger partial charge in [0.05, 0.1) is 11.2 Å². The molecule has 1 saturated heterocycles. The van der Waals surface area contributed by atoms with E-state index in [0.717, 1.165) is 13.0 Å². The first-order valence-electron chi connectivity index (χ1n) is 4.93. The molecule has 1 fully saturated rings. The van der Waals surface area contributed by atoms with Gasteiger partial charge in [-0.3, -0.25) is 0 Å². The van der Waals surface area contributed by atoms with Gasteiger partial charge in [-0.15, -0.1) is 24.8 Å². The molecular weight excluding hydrogens is 306 g/mol. The molecule has 0 radical (unpaired) electrons. The van der Waals surface area contributed by atoms with Crippen LogP contribution in [0.1, 0.15) is 12.8 Å². The molecule has 17 heavy (non-hydrogen) atoms. The number of hydrogen-bond donors (Lipinski definition) is 1. The second-order valence-electron chi connectivity index (χ2n) is 3.55. The van der Waals surface area contributed by atoms with E-state index in [1.54, 1.807) is 12.3 Å². The van der Waals surface area contributed by atoms with Gasteiger partial charge in [-0.25, -0.2) is 4.98 Å². The molecule has 2 rings (SSSR count). The predicted octanol–water partition coefficient (Wildman–Crippen LogP) is 3.36. The Kier molecular flexibility index (Phi) is 8.25. The Morgan fingerprint density at radius 2 is 2.18 bits per heavy atom. The summed E-state index contributed by atoms with van der Waals surface area (Å²) in [5.74, 6) is 0.665. The van der Waals surface area contributed by atoms with Crippen LogP contribution < -0.4 is 10.1 Å². The summed E-state index contributed by atoms with van der Waals surface area (Å²) in [6.45, 7) is 1.73. The van der Waals surface area contributed by atoms with E-state index in [2.05, 4.69) is 10.3 Å². The first-order valence-corrected chi connectivity index (χ1v) is 5.68. The highest BCUT2D eigenvalue weighted by molar-refractivity contribution is 6.41. The van der Waals surface area contributed by atoms with Gasteiger partial charge in [0.2, 0.25) is 0 Å². The van der Waals surface area contributed by atoms with Crippen molar-refractivity contribution in [1.29, 1.82) is 0 Å². The Labute approximate surface area is 123 Å². The zero-order chi connectivity index (χ0) is 10.7. The molecule has 1 aliphatic rings. The van der Waals surface area contributed by atoms with E-state index in [1.807, 2.05) is 0 Å². The average molecular weight is 320 g/mol. The van der Waals surface area contributed by atoms with Crippen LogP contribution in [0.25, 0.3) is 0 Å². The molecule has 0 aliphatic carbocycles. The molecule has 98 valence electrons. The van der Waals surface area contributed by atoms with Crippen LogP contribution in [-0.4, -0.2) is 24.2 Å². The van der Waals surface area contributed by atoms with Gasteiger partial charge < -0.3 is 10.1 Å².